The van der Waals surface area contributed by atoms with E-state index in [4.69, 9.17) is 10.3 Å². The number of nitrogens with two attached hydrogens (primary N) is 1. The highest BCUT2D eigenvalue weighted by atomic mass is 32.1. The molecule has 6 heteroatoms. The van der Waals surface area contributed by atoms with E-state index < -0.39 is 0 Å². The van der Waals surface area contributed by atoms with Crippen LogP contribution in [0.15, 0.2) is 46.6 Å². The van der Waals surface area contributed by atoms with Gasteiger partial charge in [-0.3, -0.25) is 4.98 Å². The lowest BCUT2D eigenvalue weighted by molar-refractivity contribution is 0.364. The fourth-order valence-corrected chi connectivity index (χ4v) is 2.46. The molecule has 3 rings (SSSR count). The number of pyridine rings is 1. The third-order valence-corrected chi connectivity index (χ3v) is 3.67. The molecule has 0 radical (unpaired) electrons. The first-order valence-corrected chi connectivity index (χ1v) is 6.71. The lowest BCUT2D eigenvalue weighted by atomic mass is 10.2. The first-order valence-electron chi connectivity index (χ1n) is 5.83. The number of hydrogen-bond donors (Lipinski definition) is 1. The standard InChI is InChI=1S/C13H12N4OS/c14-12(10-2-1-7-19-10)13-16-11(17-18-13)8-9-3-5-15-6-4-9/h1-7,12H,8,14H2. The summed E-state index contributed by atoms with van der Waals surface area (Å²) in [6.45, 7) is 0. The van der Waals surface area contributed by atoms with Crippen LogP contribution in [-0.4, -0.2) is 15.1 Å². The van der Waals surface area contributed by atoms with E-state index in [0.717, 1.165) is 10.4 Å². The number of nitrogens with zero attached hydrogens (tertiary/aromatic N) is 3. The molecule has 0 saturated heterocycles. The van der Waals surface area contributed by atoms with Gasteiger partial charge in [0.05, 0.1) is 0 Å². The lowest BCUT2D eigenvalue weighted by Crippen LogP contribution is -2.10. The summed E-state index contributed by atoms with van der Waals surface area (Å²) in [4.78, 5) is 9.33. The predicted octanol–water partition coefficient (Wildman–Crippen LogP) is 2.17. The predicted molar refractivity (Wildman–Crippen MR) is 71.7 cm³/mol. The Morgan fingerprint density at radius 2 is 2.11 bits per heavy atom. The summed E-state index contributed by atoms with van der Waals surface area (Å²) in [5.41, 5.74) is 7.16. The number of thiophene rings is 1. The van der Waals surface area contributed by atoms with Crippen molar-refractivity contribution in [2.24, 2.45) is 5.73 Å². The molecule has 96 valence electrons. The Bertz CT molecular complexity index is 636. The van der Waals surface area contributed by atoms with Gasteiger partial charge in [-0.05, 0) is 29.1 Å². The van der Waals surface area contributed by atoms with E-state index in [9.17, 15) is 0 Å². The van der Waals surface area contributed by atoms with E-state index in [1.807, 2.05) is 29.6 Å². The van der Waals surface area contributed by atoms with Crippen LogP contribution in [0.2, 0.25) is 0 Å². The zero-order valence-corrected chi connectivity index (χ0v) is 10.9. The van der Waals surface area contributed by atoms with Crippen molar-refractivity contribution in [1.82, 2.24) is 15.1 Å². The fourth-order valence-electron chi connectivity index (χ4n) is 1.74. The molecule has 0 amide bonds. The van der Waals surface area contributed by atoms with Gasteiger partial charge in [0.1, 0.15) is 6.04 Å². The monoisotopic (exact) mass is 272 g/mol. The molecule has 0 saturated carbocycles. The van der Waals surface area contributed by atoms with Gasteiger partial charge in [0.15, 0.2) is 5.82 Å². The Morgan fingerprint density at radius 3 is 2.84 bits per heavy atom. The maximum Gasteiger partial charge on any atom is 0.248 e. The normalized spacial score (nSPS) is 12.5. The van der Waals surface area contributed by atoms with Crippen molar-refractivity contribution < 1.29 is 4.52 Å². The lowest BCUT2D eigenvalue weighted by Gasteiger charge is -2.01. The van der Waals surface area contributed by atoms with Crippen molar-refractivity contribution in [1.29, 1.82) is 0 Å². The summed E-state index contributed by atoms with van der Waals surface area (Å²) in [5.74, 6) is 1.08. The molecule has 0 spiro atoms. The molecule has 0 aromatic carbocycles. The average molecular weight is 272 g/mol. The number of hydrogen-bond acceptors (Lipinski definition) is 6. The Balaban J connectivity index is 1.76. The first-order chi connectivity index (χ1) is 9.33. The van der Waals surface area contributed by atoms with Crippen LogP contribution in [0.3, 0.4) is 0 Å². The summed E-state index contributed by atoms with van der Waals surface area (Å²) < 4.78 is 5.23. The van der Waals surface area contributed by atoms with E-state index in [1.54, 1.807) is 23.7 Å². The molecule has 19 heavy (non-hydrogen) atoms. The van der Waals surface area contributed by atoms with E-state index in [2.05, 4.69) is 15.1 Å². The van der Waals surface area contributed by atoms with Gasteiger partial charge in [-0.1, -0.05) is 11.2 Å². The SMILES string of the molecule is NC(c1nc(Cc2ccncc2)no1)c1cccs1. The van der Waals surface area contributed by atoms with Crippen molar-refractivity contribution in [3.05, 3.63) is 64.2 Å². The molecule has 1 atom stereocenters. The molecule has 0 fully saturated rings. The van der Waals surface area contributed by atoms with E-state index in [1.165, 1.54) is 0 Å². The van der Waals surface area contributed by atoms with Crippen LogP contribution in [0.1, 0.15) is 28.2 Å². The molecular formula is C13H12N4OS. The fraction of sp³-hybridized carbons (Fsp3) is 0.154. The molecule has 2 N–H and O–H groups in total. The molecule has 3 heterocycles. The van der Waals surface area contributed by atoms with Crippen LogP contribution >= 0.6 is 11.3 Å². The van der Waals surface area contributed by atoms with Crippen molar-refractivity contribution in [2.75, 3.05) is 0 Å². The van der Waals surface area contributed by atoms with E-state index >= 15 is 0 Å². The van der Waals surface area contributed by atoms with Gasteiger partial charge in [0.2, 0.25) is 5.89 Å². The number of aromatic nitrogens is 3. The zero-order chi connectivity index (χ0) is 13.1. The summed E-state index contributed by atoms with van der Waals surface area (Å²) in [6.07, 6.45) is 4.10. The Labute approximate surface area is 114 Å². The summed E-state index contributed by atoms with van der Waals surface area (Å²) >= 11 is 1.58. The van der Waals surface area contributed by atoms with Crippen LogP contribution in [0, 0.1) is 0 Å². The van der Waals surface area contributed by atoms with E-state index in [-0.39, 0.29) is 6.04 Å². The largest absolute Gasteiger partial charge is 0.337 e. The highest BCUT2D eigenvalue weighted by Gasteiger charge is 2.17. The van der Waals surface area contributed by atoms with E-state index in [0.29, 0.717) is 18.1 Å². The van der Waals surface area contributed by atoms with Gasteiger partial charge >= 0.3 is 0 Å². The minimum atomic E-state index is -0.348. The maximum atomic E-state index is 6.07. The van der Waals surface area contributed by atoms with Gasteiger partial charge in [-0.2, -0.15) is 4.98 Å². The topological polar surface area (TPSA) is 77.8 Å². The van der Waals surface area contributed by atoms with Crippen LogP contribution in [0.4, 0.5) is 0 Å². The van der Waals surface area contributed by atoms with Crippen LogP contribution in [0.5, 0.6) is 0 Å². The molecule has 0 bridgehead atoms. The van der Waals surface area contributed by atoms with Gasteiger partial charge < -0.3 is 10.3 Å². The minimum Gasteiger partial charge on any atom is -0.337 e. The zero-order valence-electron chi connectivity index (χ0n) is 10.1. The Kier molecular flexibility index (Phi) is 3.35. The average Bonchev–Trinajstić information content (AvgIpc) is 3.10. The third-order valence-electron chi connectivity index (χ3n) is 2.71. The molecule has 0 aliphatic carbocycles. The molecule has 0 aliphatic heterocycles. The van der Waals surface area contributed by atoms with Gasteiger partial charge in [0, 0.05) is 23.7 Å². The second-order valence-electron chi connectivity index (χ2n) is 4.07. The smallest absolute Gasteiger partial charge is 0.248 e. The number of rotatable bonds is 4. The van der Waals surface area contributed by atoms with Gasteiger partial charge in [0.25, 0.3) is 0 Å². The summed E-state index contributed by atoms with van der Waals surface area (Å²) in [5, 5.41) is 5.94. The Hall–Kier alpha value is -2.05. The molecular weight excluding hydrogens is 260 g/mol. The first kappa shape index (κ1) is 12.0. The molecule has 3 aromatic rings. The van der Waals surface area contributed by atoms with Crippen LogP contribution in [-0.2, 0) is 6.42 Å². The second kappa shape index (κ2) is 5.29. The molecule has 0 aliphatic rings. The van der Waals surface area contributed by atoms with Crippen LogP contribution in [0.25, 0.3) is 0 Å². The van der Waals surface area contributed by atoms with Crippen LogP contribution < -0.4 is 5.73 Å². The van der Waals surface area contributed by atoms with Crippen molar-refractivity contribution in [3.63, 3.8) is 0 Å². The Morgan fingerprint density at radius 1 is 1.26 bits per heavy atom. The molecule has 5 nitrogen and oxygen atoms in total. The van der Waals surface area contributed by atoms with Crippen molar-refractivity contribution in [3.8, 4) is 0 Å². The van der Waals surface area contributed by atoms with Gasteiger partial charge in [-0.25, -0.2) is 0 Å². The second-order valence-corrected chi connectivity index (χ2v) is 5.05. The van der Waals surface area contributed by atoms with Crippen molar-refractivity contribution >= 4 is 11.3 Å². The molecule has 3 aromatic heterocycles. The maximum absolute atomic E-state index is 6.07. The third kappa shape index (κ3) is 2.69. The minimum absolute atomic E-state index is 0.348. The summed E-state index contributed by atoms with van der Waals surface area (Å²) in [7, 11) is 0. The van der Waals surface area contributed by atoms with Gasteiger partial charge in [-0.15, -0.1) is 11.3 Å². The highest BCUT2D eigenvalue weighted by molar-refractivity contribution is 7.10. The highest BCUT2D eigenvalue weighted by Crippen LogP contribution is 2.22. The quantitative estimate of drug-likeness (QED) is 0.787. The van der Waals surface area contributed by atoms with Crippen molar-refractivity contribution in [2.45, 2.75) is 12.5 Å². The summed E-state index contributed by atoms with van der Waals surface area (Å²) in [6, 6.07) is 7.42. The molecule has 1 unspecified atom stereocenters.